The second kappa shape index (κ2) is 5.12. The summed E-state index contributed by atoms with van der Waals surface area (Å²) < 4.78 is 6.98. The Morgan fingerprint density at radius 2 is 2.41 bits per heavy atom. The summed E-state index contributed by atoms with van der Waals surface area (Å²) >= 11 is 0. The minimum atomic E-state index is 0.484. The van der Waals surface area contributed by atoms with Crippen molar-refractivity contribution in [1.29, 1.82) is 5.26 Å². The molecule has 2 aromatic heterocycles. The highest BCUT2D eigenvalue weighted by Crippen LogP contribution is 2.14. The van der Waals surface area contributed by atoms with Crippen LogP contribution in [0.15, 0.2) is 30.7 Å². The highest BCUT2D eigenvalue weighted by molar-refractivity contribution is 5.42. The Hall–Kier alpha value is -2.35. The van der Waals surface area contributed by atoms with Crippen LogP contribution < -0.4 is 4.74 Å². The van der Waals surface area contributed by atoms with Gasteiger partial charge in [-0.3, -0.25) is 0 Å². The first-order valence-corrected chi connectivity index (χ1v) is 5.38. The average molecular weight is 228 g/mol. The minimum Gasteiger partial charge on any atom is -0.490 e. The molecule has 0 bridgehead atoms. The van der Waals surface area contributed by atoms with Crippen LogP contribution in [0.25, 0.3) is 5.82 Å². The van der Waals surface area contributed by atoms with E-state index in [1.165, 1.54) is 0 Å². The van der Waals surface area contributed by atoms with Crippen molar-refractivity contribution in [1.82, 2.24) is 14.8 Å². The molecule has 2 rings (SSSR count). The van der Waals surface area contributed by atoms with Crippen molar-refractivity contribution < 1.29 is 4.74 Å². The van der Waals surface area contributed by atoms with Crippen molar-refractivity contribution in [3.8, 4) is 17.6 Å². The molecule has 0 radical (unpaired) electrons. The van der Waals surface area contributed by atoms with Crippen molar-refractivity contribution in [2.75, 3.05) is 6.61 Å². The predicted octanol–water partition coefficient (Wildman–Crippen LogP) is 1.93. The molecule has 0 aliphatic heterocycles. The van der Waals surface area contributed by atoms with Crippen molar-refractivity contribution in [2.45, 2.75) is 13.3 Å². The zero-order valence-corrected chi connectivity index (χ0v) is 9.50. The monoisotopic (exact) mass is 228 g/mol. The molecule has 0 aliphatic rings. The van der Waals surface area contributed by atoms with E-state index < -0.39 is 0 Å². The number of nitrogens with zero attached hydrogens (tertiary/aromatic N) is 4. The molecule has 0 aliphatic carbocycles. The van der Waals surface area contributed by atoms with Gasteiger partial charge in [-0.05, 0) is 18.6 Å². The van der Waals surface area contributed by atoms with Gasteiger partial charge in [-0.25, -0.2) is 9.67 Å². The molecule has 0 unspecified atom stereocenters. The van der Waals surface area contributed by atoms with E-state index in [0.717, 1.165) is 6.42 Å². The fraction of sp³-hybridized carbons (Fsp3) is 0.250. The summed E-state index contributed by atoms with van der Waals surface area (Å²) in [7, 11) is 0. The van der Waals surface area contributed by atoms with Gasteiger partial charge in [0.05, 0.1) is 24.6 Å². The standard InChI is InChI=1S/C12H12N4O/c1-2-6-17-11-8-15-16(9-11)12-10(7-13)4-3-5-14-12/h3-5,8-9H,2,6H2,1H3. The second-order valence-electron chi connectivity index (χ2n) is 3.46. The number of ether oxygens (including phenoxy) is 1. The lowest BCUT2D eigenvalue weighted by atomic mass is 10.3. The van der Waals surface area contributed by atoms with Gasteiger partial charge in [0.2, 0.25) is 0 Å². The smallest absolute Gasteiger partial charge is 0.171 e. The maximum Gasteiger partial charge on any atom is 0.171 e. The summed E-state index contributed by atoms with van der Waals surface area (Å²) in [6.45, 7) is 2.69. The van der Waals surface area contributed by atoms with Gasteiger partial charge in [0.1, 0.15) is 6.07 Å². The SMILES string of the molecule is CCCOc1cnn(-c2ncccc2C#N)c1. The van der Waals surface area contributed by atoms with Gasteiger partial charge < -0.3 is 4.74 Å². The number of aromatic nitrogens is 3. The van der Waals surface area contributed by atoms with Crippen LogP contribution in [-0.4, -0.2) is 21.4 Å². The Morgan fingerprint density at radius 3 is 3.18 bits per heavy atom. The third-order valence-corrected chi connectivity index (χ3v) is 2.16. The number of pyridine rings is 1. The van der Waals surface area contributed by atoms with Gasteiger partial charge in [0.15, 0.2) is 11.6 Å². The molecule has 2 heterocycles. The van der Waals surface area contributed by atoms with Crippen LogP contribution in [0.1, 0.15) is 18.9 Å². The summed E-state index contributed by atoms with van der Waals surface area (Å²) in [5, 5.41) is 13.1. The lowest BCUT2D eigenvalue weighted by Crippen LogP contribution is -2.00. The second-order valence-corrected chi connectivity index (χ2v) is 3.46. The molecule has 2 aromatic rings. The van der Waals surface area contributed by atoms with Gasteiger partial charge in [-0.2, -0.15) is 10.4 Å². The van der Waals surface area contributed by atoms with E-state index in [9.17, 15) is 0 Å². The first kappa shape index (κ1) is 11.1. The lowest BCUT2D eigenvalue weighted by Gasteiger charge is -2.01. The molecule has 0 spiro atoms. The van der Waals surface area contributed by atoms with Crippen molar-refractivity contribution in [2.24, 2.45) is 0 Å². The fourth-order valence-corrected chi connectivity index (χ4v) is 1.38. The first-order valence-electron chi connectivity index (χ1n) is 5.38. The van der Waals surface area contributed by atoms with E-state index in [2.05, 4.69) is 16.2 Å². The zero-order chi connectivity index (χ0) is 12.1. The zero-order valence-electron chi connectivity index (χ0n) is 9.50. The Bertz CT molecular complexity index is 541. The fourth-order valence-electron chi connectivity index (χ4n) is 1.38. The minimum absolute atomic E-state index is 0.484. The van der Waals surface area contributed by atoms with Crippen LogP contribution in [0, 0.1) is 11.3 Å². The third kappa shape index (κ3) is 2.42. The molecule has 5 heteroatoms. The molecular weight excluding hydrogens is 216 g/mol. The van der Waals surface area contributed by atoms with E-state index in [4.69, 9.17) is 10.00 Å². The molecule has 0 amide bonds. The van der Waals surface area contributed by atoms with Crippen LogP contribution in [0.5, 0.6) is 5.75 Å². The molecule has 0 N–H and O–H groups in total. The van der Waals surface area contributed by atoms with E-state index in [1.54, 1.807) is 35.4 Å². The molecule has 0 saturated carbocycles. The van der Waals surface area contributed by atoms with Gasteiger partial charge in [0, 0.05) is 6.20 Å². The normalized spacial score (nSPS) is 9.88. The first-order chi connectivity index (χ1) is 8.35. The highest BCUT2D eigenvalue weighted by atomic mass is 16.5. The van der Waals surface area contributed by atoms with Crippen molar-refractivity contribution >= 4 is 0 Å². The van der Waals surface area contributed by atoms with Crippen molar-refractivity contribution in [3.63, 3.8) is 0 Å². The molecule has 0 atom stereocenters. The molecule has 17 heavy (non-hydrogen) atoms. The van der Waals surface area contributed by atoms with Crippen LogP contribution in [-0.2, 0) is 0 Å². The summed E-state index contributed by atoms with van der Waals surface area (Å²) in [6.07, 6.45) is 5.91. The van der Waals surface area contributed by atoms with Crippen LogP contribution >= 0.6 is 0 Å². The Morgan fingerprint density at radius 1 is 1.53 bits per heavy atom. The number of nitriles is 1. The maximum atomic E-state index is 8.97. The maximum absolute atomic E-state index is 8.97. The van der Waals surface area contributed by atoms with E-state index in [-0.39, 0.29) is 0 Å². The topological polar surface area (TPSA) is 63.7 Å². The summed E-state index contributed by atoms with van der Waals surface area (Å²) in [5.41, 5.74) is 0.484. The molecule has 5 nitrogen and oxygen atoms in total. The Labute approximate surface area is 99.3 Å². The van der Waals surface area contributed by atoms with Crippen molar-refractivity contribution in [3.05, 3.63) is 36.3 Å². The Kier molecular flexibility index (Phi) is 3.36. The van der Waals surface area contributed by atoms with Crippen LogP contribution in [0.2, 0.25) is 0 Å². The quantitative estimate of drug-likeness (QED) is 0.802. The molecular formula is C12H12N4O. The van der Waals surface area contributed by atoms with E-state index >= 15 is 0 Å². The Balaban J connectivity index is 2.28. The summed E-state index contributed by atoms with van der Waals surface area (Å²) in [4.78, 5) is 4.14. The number of hydrogen-bond acceptors (Lipinski definition) is 4. The summed E-state index contributed by atoms with van der Waals surface area (Å²) in [6, 6.07) is 5.51. The highest BCUT2D eigenvalue weighted by Gasteiger charge is 2.07. The molecule has 0 fully saturated rings. The largest absolute Gasteiger partial charge is 0.490 e. The van der Waals surface area contributed by atoms with Gasteiger partial charge in [-0.15, -0.1) is 0 Å². The predicted molar refractivity (Wildman–Crippen MR) is 61.9 cm³/mol. The van der Waals surface area contributed by atoms with Crippen LogP contribution in [0.4, 0.5) is 0 Å². The average Bonchev–Trinajstić information content (AvgIpc) is 2.85. The number of rotatable bonds is 4. The lowest BCUT2D eigenvalue weighted by molar-refractivity contribution is 0.317. The van der Waals surface area contributed by atoms with Gasteiger partial charge in [-0.1, -0.05) is 6.92 Å². The summed E-state index contributed by atoms with van der Waals surface area (Å²) in [5.74, 6) is 1.20. The third-order valence-electron chi connectivity index (χ3n) is 2.16. The van der Waals surface area contributed by atoms with Gasteiger partial charge >= 0.3 is 0 Å². The van der Waals surface area contributed by atoms with Crippen LogP contribution in [0.3, 0.4) is 0 Å². The molecule has 0 aromatic carbocycles. The molecule has 86 valence electrons. The van der Waals surface area contributed by atoms with Gasteiger partial charge in [0.25, 0.3) is 0 Å². The van der Waals surface area contributed by atoms with E-state index in [0.29, 0.717) is 23.7 Å². The molecule has 0 saturated heterocycles. The van der Waals surface area contributed by atoms with E-state index in [1.807, 2.05) is 6.92 Å². The number of hydrogen-bond donors (Lipinski definition) is 0.